The number of benzene rings is 3. The van der Waals surface area contributed by atoms with Gasteiger partial charge in [-0.15, -0.1) is 0 Å². The van der Waals surface area contributed by atoms with Crippen molar-refractivity contribution in [2.45, 2.75) is 40.0 Å². The minimum Gasteiger partial charge on any atom is -0.493 e. The van der Waals surface area contributed by atoms with E-state index < -0.39 is 36.5 Å². The highest BCUT2D eigenvalue weighted by molar-refractivity contribution is 7.53. The summed E-state index contributed by atoms with van der Waals surface area (Å²) in [5.41, 5.74) is -0.282. The summed E-state index contributed by atoms with van der Waals surface area (Å²) in [6, 6.07) is 14.2. The van der Waals surface area contributed by atoms with E-state index in [4.69, 9.17) is 23.3 Å². The molecule has 0 saturated heterocycles. The van der Waals surface area contributed by atoms with Gasteiger partial charge in [-0.2, -0.15) is 0 Å². The monoisotopic (exact) mass is 740 g/mol. The minimum atomic E-state index is -3.28. The van der Waals surface area contributed by atoms with Crippen LogP contribution in [0.25, 0.3) is 10.9 Å². The van der Waals surface area contributed by atoms with Gasteiger partial charge in [0.15, 0.2) is 23.1 Å². The van der Waals surface area contributed by atoms with Gasteiger partial charge in [0.05, 0.1) is 25.8 Å². The van der Waals surface area contributed by atoms with Gasteiger partial charge in [0.2, 0.25) is 11.8 Å². The normalized spacial score (nSPS) is 13.5. The summed E-state index contributed by atoms with van der Waals surface area (Å²) in [7, 11) is -1.78. The highest BCUT2D eigenvalue weighted by Crippen LogP contribution is 2.49. The second-order valence-electron chi connectivity index (χ2n) is 12.1. The fraction of sp³-hybridized carbons (Fsp3) is 0.378. The quantitative estimate of drug-likeness (QED) is 0.0719. The third-order valence-corrected chi connectivity index (χ3v) is 10.4. The molecule has 15 heteroatoms. The summed E-state index contributed by atoms with van der Waals surface area (Å²) in [6.45, 7) is 7.52. The topological polar surface area (TPSA) is 138 Å². The number of halogens is 2. The molecular weight excluding hydrogens is 697 g/mol. The zero-order chi connectivity index (χ0) is 37.3. The van der Waals surface area contributed by atoms with Crippen LogP contribution >= 0.6 is 7.60 Å². The van der Waals surface area contributed by atoms with Gasteiger partial charge in [0.25, 0.3) is 0 Å². The van der Waals surface area contributed by atoms with Crippen LogP contribution in [0.15, 0.2) is 66.9 Å². The molecule has 0 aliphatic heterocycles. The van der Waals surface area contributed by atoms with Crippen molar-refractivity contribution in [2.75, 3.05) is 56.9 Å². The molecule has 0 atom stereocenters. The van der Waals surface area contributed by atoms with Crippen molar-refractivity contribution in [1.82, 2.24) is 9.88 Å². The van der Waals surface area contributed by atoms with Gasteiger partial charge in [-0.1, -0.05) is 6.92 Å². The van der Waals surface area contributed by atoms with Gasteiger partial charge in [0.1, 0.15) is 29.9 Å². The van der Waals surface area contributed by atoms with E-state index in [1.807, 2.05) is 11.8 Å². The van der Waals surface area contributed by atoms with Crippen LogP contribution in [0.4, 0.5) is 20.2 Å². The summed E-state index contributed by atoms with van der Waals surface area (Å²) in [5.74, 6) is -1.25. The lowest BCUT2D eigenvalue weighted by atomic mass is 10.0. The van der Waals surface area contributed by atoms with E-state index in [1.54, 1.807) is 32.0 Å². The van der Waals surface area contributed by atoms with Crippen molar-refractivity contribution in [2.24, 2.45) is 5.41 Å². The molecule has 0 unspecified atom stereocenters. The Morgan fingerprint density at radius 1 is 0.846 bits per heavy atom. The van der Waals surface area contributed by atoms with Crippen LogP contribution < -0.4 is 24.8 Å². The van der Waals surface area contributed by atoms with Crippen molar-refractivity contribution in [1.29, 1.82) is 0 Å². The predicted octanol–water partition coefficient (Wildman–Crippen LogP) is 7.99. The van der Waals surface area contributed by atoms with Crippen LogP contribution in [0.5, 0.6) is 23.0 Å². The number of ether oxygens (including phenoxy) is 3. The first-order valence-electron chi connectivity index (χ1n) is 17.1. The molecule has 12 nitrogen and oxygen atoms in total. The zero-order valence-corrected chi connectivity index (χ0v) is 30.5. The van der Waals surface area contributed by atoms with Gasteiger partial charge < -0.3 is 33.9 Å². The molecule has 2 amide bonds. The van der Waals surface area contributed by atoms with Crippen molar-refractivity contribution < 1.29 is 46.2 Å². The summed E-state index contributed by atoms with van der Waals surface area (Å²) in [6.07, 6.45) is 3.15. The second kappa shape index (κ2) is 17.3. The van der Waals surface area contributed by atoms with Crippen molar-refractivity contribution in [3.05, 3.63) is 78.5 Å². The van der Waals surface area contributed by atoms with E-state index >= 15 is 4.39 Å². The molecule has 1 aromatic heterocycles. The smallest absolute Gasteiger partial charge is 0.344 e. The van der Waals surface area contributed by atoms with Crippen molar-refractivity contribution >= 4 is 41.7 Å². The fourth-order valence-corrected chi connectivity index (χ4v) is 7.40. The number of amides is 2. The fourth-order valence-electron chi connectivity index (χ4n) is 5.60. The standard InChI is InChI=1S/C37H43F2N4O8P/c1-5-18-43(24-52(46,49-6-2)50-7-3)19-20-48-34-23-30-28(22-33(34)47-4)31(14-17-40-30)51-32-13-12-27(21-29(32)39)42-36(45)37(15-16-37)35(44)41-26-10-8-25(38)9-11-26/h8-14,17,21-23H,5-7,15-16,18-20,24H2,1-4H3,(H,41,44)(H,42,45). The zero-order valence-electron chi connectivity index (χ0n) is 29.6. The minimum absolute atomic E-state index is 0.104. The molecule has 1 saturated carbocycles. The SMILES string of the molecule is CCCN(CCOc1cc2nccc(Oc3ccc(NC(=O)C4(C(=O)Nc5ccc(F)cc5)CC4)cc3F)c2cc1OC)CP(=O)(OCC)OCC. The molecule has 3 aromatic carbocycles. The highest BCUT2D eigenvalue weighted by atomic mass is 31.2. The number of hydrogen-bond donors (Lipinski definition) is 2. The van der Waals surface area contributed by atoms with Crippen LogP contribution in [-0.2, 0) is 23.2 Å². The van der Waals surface area contributed by atoms with Crippen LogP contribution in [0.3, 0.4) is 0 Å². The Balaban J connectivity index is 1.24. The molecule has 0 spiro atoms. The molecular formula is C37H43F2N4O8P. The lowest BCUT2D eigenvalue weighted by Crippen LogP contribution is -2.35. The molecule has 0 radical (unpaired) electrons. The number of anilines is 2. The number of nitrogens with zero attached hydrogens (tertiary/aromatic N) is 2. The largest absolute Gasteiger partial charge is 0.493 e. The van der Waals surface area contributed by atoms with E-state index in [1.165, 1.54) is 49.7 Å². The maximum Gasteiger partial charge on any atom is 0.344 e. The van der Waals surface area contributed by atoms with Crippen LogP contribution in [0.1, 0.15) is 40.0 Å². The number of carbonyl (C=O) groups is 2. The molecule has 0 bridgehead atoms. The summed E-state index contributed by atoms with van der Waals surface area (Å²) in [4.78, 5) is 32.4. The van der Waals surface area contributed by atoms with Gasteiger partial charge in [-0.3, -0.25) is 24.0 Å². The van der Waals surface area contributed by atoms with E-state index in [0.717, 1.165) is 12.5 Å². The molecule has 1 heterocycles. The number of rotatable bonds is 19. The predicted molar refractivity (Wildman–Crippen MR) is 193 cm³/mol. The first-order chi connectivity index (χ1) is 25.0. The number of methoxy groups -OCH3 is 1. The molecule has 278 valence electrons. The summed E-state index contributed by atoms with van der Waals surface area (Å²) < 4.78 is 70.3. The van der Waals surface area contributed by atoms with Crippen molar-refractivity contribution in [3.8, 4) is 23.0 Å². The lowest BCUT2D eigenvalue weighted by molar-refractivity contribution is -0.131. The number of hydrogen-bond acceptors (Lipinski definition) is 10. The molecule has 1 fully saturated rings. The molecule has 4 aromatic rings. The Morgan fingerprint density at radius 3 is 2.13 bits per heavy atom. The average Bonchev–Trinajstić information content (AvgIpc) is 3.93. The molecule has 1 aliphatic carbocycles. The number of fused-ring (bicyclic) bond motifs is 1. The van der Waals surface area contributed by atoms with Gasteiger partial charge in [-0.25, -0.2) is 8.78 Å². The van der Waals surface area contributed by atoms with Crippen LogP contribution in [0.2, 0.25) is 0 Å². The van der Waals surface area contributed by atoms with Gasteiger partial charge in [-0.05, 0) is 88.2 Å². The lowest BCUT2D eigenvalue weighted by Gasteiger charge is -2.26. The van der Waals surface area contributed by atoms with Crippen LogP contribution in [-0.4, -0.2) is 68.0 Å². The van der Waals surface area contributed by atoms with E-state index in [-0.39, 0.29) is 37.5 Å². The van der Waals surface area contributed by atoms with Gasteiger partial charge in [0, 0.05) is 41.6 Å². The first kappa shape index (κ1) is 38.6. The number of nitrogens with one attached hydrogen (secondary N) is 2. The molecule has 52 heavy (non-hydrogen) atoms. The first-order valence-corrected chi connectivity index (χ1v) is 18.8. The maximum absolute atomic E-state index is 15.4. The Hall–Kier alpha value is -4.62. The molecule has 1 aliphatic rings. The molecule has 2 N–H and O–H groups in total. The maximum atomic E-state index is 15.4. The highest BCUT2D eigenvalue weighted by Gasteiger charge is 2.56. The van der Waals surface area contributed by atoms with E-state index in [0.29, 0.717) is 59.8 Å². The van der Waals surface area contributed by atoms with Crippen LogP contribution in [0, 0.1) is 17.0 Å². The number of pyridine rings is 1. The Labute approximate surface area is 301 Å². The second-order valence-corrected chi connectivity index (χ2v) is 14.1. The van der Waals surface area contributed by atoms with E-state index in [9.17, 15) is 18.5 Å². The number of carbonyl (C=O) groups excluding carboxylic acids is 2. The third kappa shape index (κ3) is 9.43. The van der Waals surface area contributed by atoms with Crippen molar-refractivity contribution in [3.63, 3.8) is 0 Å². The Morgan fingerprint density at radius 2 is 1.52 bits per heavy atom. The average molecular weight is 741 g/mol. The molecule has 5 rings (SSSR count). The summed E-state index contributed by atoms with van der Waals surface area (Å²) >= 11 is 0. The third-order valence-electron chi connectivity index (χ3n) is 8.35. The summed E-state index contributed by atoms with van der Waals surface area (Å²) in [5, 5.41) is 5.81. The Bertz CT molecular complexity index is 1920. The van der Waals surface area contributed by atoms with Gasteiger partial charge >= 0.3 is 7.60 Å². The Kier molecular flexibility index (Phi) is 12.8. The van der Waals surface area contributed by atoms with E-state index in [2.05, 4.69) is 15.6 Å². The number of aromatic nitrogens is 1.